The molecule has 0 unspecified atom stereocenters. The predicted molar refractivity (Wildman–Crippen MR) is 71.8 cm³/mol. The molecule has 1 aliphatic rings. The molecule has 1 saturated heterocycles. The summed E-state index contributed by atoms with van der Waals surface area (Å²) in [4.78, 5) is -0.204. The summed E-state index contributed by atoms with van der Waals surface area (Å²) < 4.78 is 73.5. The first kappa shape index (κ1) is 17.2. The highest BCUT2D eigenvalue weighted by Crippen LogP contribution is 2.39. The molecule has 10 heteroatoms. The number of halogens is 3. The topological polar surface area (TPSA) is 73.2 Å². The van der Waals surface area contributed by atoms with Crippen LogP contribution in [0.3, 0.4) is 0 Å². The summed E-state index contributed by atoms with van der Waals surface area (Å²) >= 11 is 0. The highest BCUT2D eigenvalue weighted by Gasteiger charge is 2.57. The standard InChI is InChI=1S/C12H18F3N3O3S/c1-8-10(9(2)18(3)16-8)22(19,20)17-11(12(13,14)15)4-6-21-7-5-11/h17H,4-7H2,1-3H3. The van der Waals surface area contributed by atoms with Crippen molar-refractivity contribution in [1.29, 1.82) is 0 Å². The molecule has 0 aliphatic carbocycles. The van der Waals surface area contributed by atoms with Crippen LogP contribution in [-0.2, 0) is 21.8 Å². The molecule has 1 aliphatic heterocycles. The van der Waals surface area contributed by atoms with Crippen molar-refractivity contribution in [3.8, 4) is 0 Å². The second kappa shape index (κ2) is 5.50. The van der Waals surface area contributed by atoms with Gasteiger partial charge in [-0.2, -0.15) is 23.0 Å². The van der Waals surface area contributed by atoms with Crippen molar-refractivity contribution in [2.75, 3.05) is 13.2 Å². The smallest absolute Gasteiger partial charge is 0.381 e. The van der Waals surface area contributed by atoms with Crippen LogP contribution in [0.2, 0.25) is 0 Å². The van der Waals surface area contributed by atoms with Crippen molar-refractivity contribution in [2.24, 2.45) is 7.05 Å². The molecule has 126 valence electrons. The predicted octanol–water partition coefficient (Wildman–Crippen LogP) is 1.43. The summed E-state index contributed by atoms with van der Waals surface area (Å²) in [6.45, 7) is 2.66. The van der Waals surface area contributed by atoms with Gasteiger partial charge in [-0.1, -0.05) is 0 Å². The van der Waals surface area contributed by atoms with Gasteiger partial charge in [0, 0.05) is 20.3 Å². The number of aryl methyl sites for hydroxylation is 2. The Bertz CT molecular complexity index is 661. The monoisotopic (exact) mass is 341 g/mol. The number of hydrogen-bond acceptors (Lipinski definition) is 4. The molecule has 1 aromatic rings. The van der Waals surface area contributed by atoms with Gasteiger partial charge in [-0.05, 0) is 26.7 Å². The minimum Gasteiger partial charge on any atom is -0.381 e. The Morgan fingerprint density at radius 1 is 1.27 bits per heavy atom. The fraction of sp³-hybridized carbons (Fsp3) is 0.750. The highest BCUT2D eigenvalue weighted by molar-refractivity contribution is 7.89. The van der Waals surface area contributed by atoms with Gasteiger partial charge in [-0.3, -0.25) is 4.68 Å². The van der Waals surface area contributed by atoms with Crippen molar-refractivity contribution in [3.05, 3.63) is 11.4 Å². The molecule has 0 radical (unpaired) electrons. The lowest BCUT2D eigenvalue weighted by molar-refractivity contribution is -0.210. The van der Waals surface area contributed by atoms with E-state index in [0.29, 0.717) is 0 Å². The number of nitrogens with zero attached hydrogens (tertiary/aromatic N) is 2. The van der Waals surface area contributed by atoms with Crippen LogP contribution in [0.15, 0.2) is 4.90 Å². The largest absolute Gasteiger partial charge is 0.407 e. The Morgan fingerprint density at radius 3 is 2.23 bits per heavy atom. The molecule has 0 aromatic carbocycles. The first-order valence-corrected chi connectivity index (χ1v) is 8.17. The average molecular weight is 341 g/mol. The first-order chi connectivity index (χ1) is 10.0. The third-order valence-corrected chi connectivity index (χ3v) is 5.72. The molecule has 6 nitrogen and oxygen atoms in total. The number of aromatic nitrogens is 2. The molecular weight excluding hydrogens is 323 g/mol. The van der Waals surface area contributed by atoms with E-state index in [0.717, 1.165) is 0 Å². The molecule has 0 amide bonds. The Balaban J connectivity index is 2.45. The van der Waals surface area contributed by atoms with Crippen molar-refractivity contribution in [1.82, 2.24) is 14.5 Å². The maximum absolute atomic E-state index is 13.4. The summed E-state index contributed by atoms with van der Waals surface area (Å²) in [5, 5.41) is 3.95. The van der Waals surface area contributed by atoms with Crippen LogP contribution in [0.25, 0.3) is 0 Å². The van der Waals surface area contributed by atoms with E-state index in [1.165, 1.54) is 25.6 Å². The van der Waals surface area contributed by atoms with Crippen LogP contribution in [0.1, 0.15) is 24.2 Å². The summed E-state index contributed by atoms with van der Waals surface area (Å²) in [7, 11) is -2.81. The molecule has 22 heavy (non-hydrogen) atoms. The molecule has 0 bridgehead atoms. The summed E-state index contributed by atoms with van der Waals surface area (Å²) in [5.41, 5.74) is -2.05. The zero-order valence-corrected chi connectivity index (χ0v) is 13.3. The van der Waals surface area contributed by atoms with Gasteiger partial charge in [0.25, 0.3) is 0 Å². The van der Waals surface area contributed by atoms with Crippen LogP contribution in [0, 0.1) is 13.8 Å². The van der Waals surface area contributed by atoms with E-state index in [-0.39, 0.29) is 29.5 Å². The Kier molecular flexibility index (Phi) is 4.31. The number of ether oxygens (including phenoxy) is 1. The van der Waals surface area contributed by atoms with Crippen molar-refractivity contribution in [3.63, 3.8) is 0 Å². The maximum atomic E-state index is 13.4. The lowest BCUT2D eigenvalue weighted by atomic mass is 9.91. The van der Waals surface area contributed by atoms with Crippen LogP contribution < -0.4 is 4.72 Å². The SMILES string of the molecule is Cc1nn(C)c(C)c1S(=O)(=O)NC1(C(F)(F)F)CCOCC1. The first-order valence-electron chi connectivity index (χ1n) is 6.69. The third kappa shape index (κ3) is 2.86. The Labute approximate surface area is 126 Å². The van der Waals surface area contributed by atoms with Gasteiger partial charge in [0.2, 0.25) is 10.0 Å². The van der Waals surface area contributed by atoms with E-state index < -0.39 is 34.6 Å². The zero-order chi connectivity index (χ0) is 16.8. The second-order valence-corrected chi connectivity index (χ2v) is 7.04. The van der Waals surface area contributed by atoms with E-state index in [9.17, 15) is 21.6 Å². The van der Waals surface area contributed by atoms with Gasteiger partial charge in [-0.15, -0.1) is 0 Å². The normalized spacial score (nSPS) is 19.4. The minimum absolute atomic E-state index is 0.146. The van der Waals surface area contributed by atoms with Crippen molar-refractivity contribution < 1.29 is 26.3 Å². The highest BCUT2D eigenvalue weighted by atomic mass is 32.2. The third-order valence-electron chi connectivity index (χ3n) is 3.93. The maximum Gasteiger partial charge on any atom is 0.407 e. The quantitative estimate of drug-likeness (QED) is 0.903. The van der Waals surface area contributed by atoms with Crippen LogP contribution in [0.4, 0.5) is 13.2 Å². The molecule has 0 atom stereocenters. The van der Waals surface area contributed by atoms with Crippen LogP contribution in [0.5, 0.6) is 0 Å². The van der Waals surface area contributed by atoms with Crippen molar-refractivity contribution in [2.45, 2.75) is 43.3 Å². The molecule has 1 N–H and O–H groups in total. The van der Waals surface area contributed by atoms with E-state index in [1.807, 2.05) is 4.72 Å². The number of rotatable bonds is 3. The second-order valence-electron chi connectivity index (χ2n) is 5.42. The summed E-state index contributed by atoms with van der Waals surface area (Å²) in [6, 6.07) is 0. The van der Waals surface area contributed by atoms with Gasteiger partial charge in [-0.25, -0.2) is 8.42 Å². The van der Waals surface area contributed by atoms with E-state index >= 15 is 0 Å². The molecule has 2 rings (SSSR count). The Morgan fingerprint density at radius 2 is 1.82 bits per heavy atom. The Hall–Kier alpha value is -1.13. The van der Waals surface area contributed by atoms with Gasteiger partial charge in [0.15, 0.2) is 0 Å². The van der Waals surface area contributed by atoms with Crippen LogP contribution >= 0.6 is 0 Å². The summed E-state index contributed by atoms with van der Waals surface area (Å²) in [5.74, 6) is 0. The lowest BCUT2D eigenvalue weighted by Gasteiger charge is -2.38. The molecule has 1 fully saturated rings. The lowest BCUT2D eigenvalue weighted by Crippen LogP contribution is -2.61. The fourth-order valence-electron chi connectivity index (χ4n) is 2.61. The molecule has 1 aromatic heterocycles. The van der Waals surface area contributed by atoms with Gasteiger partial charge >= 0.3 is 6.18 Å². The van der Waals surface area contributed by atoms with Gasteiger partial charge in [0.1, 0.15) is 10.4 Å². The number of hydrogen-bond donors (Lipinski definition) is 1. The fourth-order valence-corrected chi connectivity index (χ4v) is 4.50. The molecular formula is C12H18F3N3O3S. The van der Waals surface area contributed by atoms with Crippen molar-refractivity contribution >= 4 is 10.0 Å². The zero-order valence-electron chi connectivity index (χ0n) is 12.5. The van der Waals surface area contributed by atoms with E-state index in [4.69, 9.17) is 4.74 Å². The van der Waals surface area contributed by atoms with E-state index in [1.54, 1.807) is 0 Å². The van der Waals surface area contributed by atoms with Crippen LogP contribution in [-0.4, -0.2) is 43.1 Å². The minimum atomic E-state index is -4.70. The van der Waals surface area contributed by atoms with Gasteiger partial charge < -0.3 is 4.74 Å². The molecule has 0 saturated carbocycles. The number of alkyl halides is 3. The summed E-state index contributed by atoms with van der Waals surface area (Å²) in [6.07, 6.45) is -5.60. The molecule has 2 heterocycles. The number of nitrogens with one attached hydrogen (secondary N) is 1. The van der Waals surface area contributed by atoms with Gasteiger partial charge in [0.05, 0.1) is 11.4 Å². The average Bonchev–Trinajstić information content (AvgIpc) is 2.62. The number of sulfonamides is 1. The molecule has 0 spiro atoms. The van der Waals surface area contributed by atoms with E-state index in [2.05, 4.69) is 5.10 Å².